The molecule has 0 fully saturated rings. The van der Waals surface area contributed by atoms with Crippen molar-refractivity contribution in [2.24, 2.45) is 0 Å². The van der Waals surface area contributed by atoms with Gasteiger partial charge in [-0.25, -0.2) is 4.39 Å². The molecule has 2 aromatic rings. The zero-order valence-electron chi connectivity index (χ0n) is 11.4. The van der Waals surface area contributed by atoms with Gasteiger partial charge in [0.25, 0.3) is 0 Å². The molecule has 0 saturated heterocycles. The van der Waals surface area contributed by atoms with E-state index in [4.69, 9.17) is 0 Å². The summed E-state index contributed by atoms with van der Waals surface area (Å²) in [5.41, 5.74) is -0.0188. The quantitative estimate of drug-likeness (QED) is 0.817. The molecular weight excluding hydrogens is 282 g/mol. The van der Waals surface area contributed by atoms with Crippen LogP contribution < -0.4 is 5.32 Å². The van der Waals surface area contributed by atoms with Crippen molar-refractivity contribution in [1.29, 1.82) is 0 Å². The first-order valence-corrected chi connectivity index (χ1v) is 6.58. The van der Waals surface area contributed by atoms with Crippen LogP contribution in [0.1, 0.15) is 29.7 Å². The van der Waals surface area contributed by atoms with Gasteiger partial charge in [-0.15, -0.1) is 0 Å². The summed E-state index contributed by atoms with van der Waals surface area (Å²) < 4.78 is 51.8. The van der Waals surface area contributed by atoms with E-state index < -0.39 is 23.6 Å². The van der Waals surface area contributed by atoms with Crippen LogP contribution in [-0.2, 0) is 6.18 Å². The molecule has 1 atom stereocenters. The lowest BCUT2D eigenvalue weighted by molar-refractivity contribution is -0.140. The van der Waals surface area contributed by atoms with E-state index in [0.29, 0.717) is 12.1 Å². The van der Waals surface area contributed by atoms with E-state index in [-0.39, 0.29) is 0 Å². The number of alkyl halides is 3. The van der Waals surface area contributed by atoms with Crippen LogP contribution in [0.5, 0.6) is 0 Å². The maximum atomic E-state index is 13.4. The molecule has 0 aliphatic rings. The fraction of sp³-hybridized carbons (Fsp3) is 0.250. The van der Waals surface area contributed by atoms with Crippen LogP contribution in [-0.4, -0.2) is 6.54 Å². The third-order valence-corrected chi connectivity index (χ3v) is 3.17. The second-order valence-electron chi connectivity index (χ2n) is 4.64. The summed E-state index contributed by atoms with van der Waals surface area (Å²) in [6.45, 7) is 2.45. The second-order valence-corrected chi connectivity index (χ2v) is 4.64. The summed E-state index contributed by atoms with van der Waals surface area (Å²) in [6.07, 6.45) is -4.70. The van der Waals surface area contributed by atoms with Crippen LogP contribution in [0.3, 0.4) is 0 Å². The van der Waals surface area contributed by atoms with Crippen molar-refractivity contribution in [3.63, 3.8) is 0 Å². The van der Waals surface area contributed by atoms with Gasteiger partial charge >= 0.3 is 6.18 Å². The third kappa shape index (κ3) is 3.61. The average Bonchev–Trinajstić information content (AvgIpc) is 2.45. The second kappa shape index (κ2) is 6.26. The maximum Gasteiger partial charge on any atom is 0.419 e. The average molecular weight is 297 g/mol. The number of halogens is 4. The van der Waals surface area contributed by atoms with Crippen molar-refractivity contribution in [2.75, 3.05) is 6.54 Å². The Hall–Kier alpha value is -1.88. The van der Waals surface area contributed by atoms with E-state index in [1.165, 1.54) is 6.07 Å². The number of hydrogen-bond donors (Lipinski definition) is 1. The van der Waals surface area contributed by atoms with Crippen LogP contribution >= 0.6 is 0 Å². The minimum absolute atomic E-state index is 0.386. The van der Waals surface area contributed by atoms with Gasteiger partial charge in [-0.1, -0.05) is 43.3 Å². The zero-order chi connectivity index (χ0) is 15.5. The molecule has 1 N–H and O–H groups in total. The third-order valence-electron chi connectivity index (χ3n) is 3.17. The van der Waals surface area contributed by atoms with Crippen LogP contribution in [0.25, 0.3) is 0 Å². The van der Waals surface area contributed by atoms with Crippen LogP contribution in [0, 0.1) is 5.82 Å². The van der Waals surface area contributed by atoms with Crippen molar-refractivity contribution in [3.05, 3.63) is 71.0 Å². The summed E-state index contributed by atoms with van der Waals surface area (Å²) in [5.74, 6) is -1.26. The fourth-order valence-electron chi connectivity index (χ4n) is 2.22. The normalized spacial score (nSPS) is 13.2. The highest BCUT2D eigenvalue weighted by atomic mass is 19.4. The van der Waals surface area contributed by atoms with E-state index in [1.54, 1.807) is 0 Å². The van der Waals surface area contributed by atoms with Gasteiger partial charge < -0.3 is 5.32 Å². The van der Waals surface area contributed by atoms with Gasteiger partial charge in [0.1, 0.15) is 5.82 Å². The Morgan fingerprint density at radius 1 is 1.00 bits per heavy atom. The highest BCUT2D eigenvalue weighted by Crippen LogP contribution is 2.34. The number of rotatable bonds is 4. The van der Waals surface area contributed by atoms with E-state index in [0.717, 1.165) is 17.7 Å². The molecule has 0 aromatic heterocycles. The Kier molecular flexibility index (Phi) is 4.63. The van der Waals surface area contributed by atoms with Crippen molar-refractivity contribution < 1.29 is 17.6 Å². The van der Waals surface area contributed by atoms with Crippen LogP contribution in [0.2, 0.25) is 0 Å². The molecule has 0 saturated carbocycles. The summed E-state index contributed by atoms with van der Waals surface area (Å²) in [6, 6.07) is 11.8. The summed E-state index contributed by atoms with van der Waals surface area (Å²) in [7, 11) is 0. The fourth-order valence-corrected chi connectivity index (χ4v) is 2.22. The molecule has 21 heavy (non-hydrogen) atoms. The predicted octanol–water partition coefficient (Wildman–Crippen LogP) is 4.54. The van der Waals surface area contributed by atoms with Crippen molar-refractivity contribution >= 4 is 0 Å². The Morgan fingerprint density at radius 2 is 1.67 bits per heavy atom. The minimum Gasteiger partial charge on any atom is -0.307 e. The van der Waals surface area contributed by atoms with E-state index >= 15 is 0 Å². The lowest BCUT2D eigenvalue weighted by atomic mass is 9.96. The van der Waals surface area contributed by atoms with Gasteiger partial charge in [0.05, 0.1) is 11.6 Å². The molecule has 0 heterocycles. The highest BCUT2D eigenvalue weighted by molar-refractivity contribution is 5.35. The van der Waals surface area contributed by atoms with Gasteiger partial charge in [0.15, 0.2) is 0 Å². The number of nitrogens with one attached hydrogen (secondary N) is 1. The van der Waals surface area contributed by atoms with Gasteiger partial charge in [0.2, 0.25) is 0 Å². The maximum absolute atomic E-state index is 13.4. The molecule has 2 rings (SSSR count). The van der Waals surface area contributed by atoms with Crippen LogP contribution in [0.15, 0.2) is 48.5 Å². The molecule has 0 bridgehead atoms. The SMILES string of the molecule is CCNC(c1ccccc1)c1ccc(F)c(C(F)(F)F)c1. The molecule has 0 aliphatic heterocycles. The van der Waals surface area contributed by atoms with Crippen molar-refractivity contribution in [2.45, 2.75) is 19.1 Å². The monoisotopic (exact) mass is 297 g/mol. The standard InChI is InChI=1S/C16H15F4N/c1-2-21-15(11-6-4-3-5-7-11)12-8-9-14(17)13(10-12)16(18,19)20/h3-10,15,21H,2H2,1H3. The smallest absolute Gasteiger partial charge is 0.307 e. The Bertz CT molecular complexity index is 593. The van der Waals surface area contributed by atoms with Crippen molar-refractivity contribution in [1.82, 2.24) is 5.32 Å². The molecule has 0 aliphatic carbocycles. The molecule has 2 aromatic carbocycles. The Labute approximate surface area is 120 Å². The lowest BCUT2D eigenvalue weighted by Crippen LogP contribution is -2.22. The predicted molar refractivity (Wildman–Crippen MR) is 73.4 cm³/mol. The Balaban J connectivity index is 2.47. The van der Waals surface area contributed by atoms with Gasteiger partial charge in [-0.3, -0.25) is 0 Å². The lowest BCUT2D eigenvalue weighted by Gasteiger charge is -2.20. The number of hydrogen-bond acceptors (Lipinski definition) is 1. The van der Waals surface area contributed by atoms with Gasteiger partial charge in [-0.2, -0.15) is 13.2 Å². The summed E-state index contributed by atoms with van der Waals surface area (Å²) in [4.78, 5) is 0. The molecule has 0 radical (unpaired) electrons. The van der Waals surface area contributed by atoms with Gasteiger partial charge in [0, 0.05) is 0 Å². The summed E-state index contributed by atoms with van der Waals surface area (Å²) >= 11 is 0. The topological polar surface area (TPSA) is 12.0 Å². The summed E-state index contributed by atoms with van der Waals surface area (Å²) in [5, 5.41) is 3.12. The van der Waals surface area contributed by atoms with Crippen molar-refractivity contribution in [3.8, 4) is 0 Å². The molecule has 5 heteroatoms. The number of benzene rings is 2. The first-order chi connectivity index (χ1) is 9.93. The molecule has 0 amide bonds. The first kappa shape index (κ1) is 15.5. The van der Waals surface area contributed by atoms with Gasteiger partial charge in [-0.05, 0) is 29.8 Å². The largest absolute Gasteiger partial charge is 0.419 e. The zero-order valence-corrected chi connectivity index (χ0v) is 11.4. The minimum atomic E-state index is -4.70. The van der Waals surface area contributed by atoms with Crippen LogP contribution in [0.4, 0.5) is 17.6 Å². The molecule has 112 valence electrons. The van der Waals surface area contributed by atoms with E-state index in [1.807, 2.05) is 37.3 Å². The molecule has 1 unspecified atom stereocenters. The molecule has 0 spiro atoms. The Morgan fingerprint density at radius 3 is 2.24 bits per heavy atom. The van der Waals surface area contributed by atoms with E-state index in [9.17, 15) is 17.6 Å². The van der Waals surface area contributed by atoms with E-state index in [2.05, 4.69) is 5.32 Å². The molecule has 1 nitrogen and oxygen atoms in total. The molecular formula is C16H15F4N. The first-order valence-electron chi connectivity index (χ1n) is 6.58. The highest BCUT2D eigenvalue weighted by Gasteiger charge is 2.34.